The molecule has 0 fully saturated rings. The number of aromatic nitrogens is 3. The summed E-state index contributed by atoms with van der Waals surface area (Å²) in [5.74, 6) is 0.861. The van der Waals surface area contributed by atoms with Gasteiger partial charge in [-0.1, -0.05) is 48.5 Å². The molecule has 1 N–H and O–H groups in total. The Labute approximate surface area is 194 Å². The molecule has 158 valence electrons. The summed E-state index contributed by atoms with van der Waals surface area (Å²) in [6.45, 7) is 0. The lowest BCUT2D eigenvalue weighted by molar-refractivity contribution is 0.280. The van der Waals surface area contributed by atoms with Crippen LogP contribution in [-0.2, 0) is 0 Å². The first-order valence-corrected chi connectivity index (χ1v) is 13.4. The van der Waals surface area contributed by atoms with Gasteiger partial charge in [-0.3, -0.25) is 0 Å². The first-order chi connectivity index (χ1) is 16.3. The Morgan fingerprint density at radius 3 is 2.03 bits per heavy atom. The summed E-state index contributed by atoms with van der Waals surface area (Å²) in [5.41, 5.74) is 0. The van der Waals surface area contributed by atoms with Gasteiger partial charge in [-0.2, -0.15) is 4.51 Å². The van der Waals surface area contributed by atoms with E-state index in [-0.39, 0.29) is 0 Å². The zero-order valence-electron chi connectivity index (χ0n) is 17.4. The third-order valence-corrected chi connectivity index (χ3v) is 8.93. The second-order valence-corrected chi connectivity index (χ2v) is 11.7. The van der Waals surface area contributed by atoms with Crippen molar-refractivity contribution in [3.05, 3.63) is 91.0 Å². The Hall–Kier alpha value is -3.28. The van der Waals surface area contributed by atoms with Gasteiger partial charge in [0.15, 0.2) is 14.3 Å². The highest BCUT2D eigenvalue weighted by atomic mass is 31.1. The van der Waals surface area contributed by atoms with E-state index in [2.05, 4.69) is 93.9 Å². The predicted octanol–water partition coefficient (Wildman–Crippen LogP) is 8.59. The lowest BCUT2D eigenvalue weighted by Gasteiger charge is -2.12. The van der Waals surface area contributed by atoms with E-state index in [1.807, 2.05) is 10.3 Å². The van der Waals surface area contributed by atoms with Crippen molar-refractivity contribution in [1.29, 1.82) is 0 Å². The third-order valence-electron chi connectivity index (χ3n) is 6.18. The van der Waals surface area contributed by atoms with E-state index >= 15 is 0 Å². The van der Waals surface area contributed by atoms with Gasteiger partial charge in [-0.25, -0.2) is 0 Å². The van der Waals surface area contributed by atoms with E-state index in [0.717, 1.165) is 19.6 Å². The average Bonchev–Trinajstić information content (AvgIpc) is 2.86. The van der Waals surface area contributed by atoms with Crippen LogP contribution in [0, 0.1) is 0 Å². The summed E-state index contributed by atoms with van der Waals surface area (Å²) >= 11 is 0. The molecule has 7 aromatic rings. The fourth-order valence-electron chi connectivity index (χ4n) is 4.64. The molecule has 0 aliphatic rings. The lowest BCUT2D eigenvalue weighted by atomic mass is 9.94. The normalized spacial score (nSPS) is 12.4. The fraction of sp³-hybridized carbons (Fsp3) is 0. The molecule has 0 aliphatic heterocycles. The van der Waals surface area contributed by atoms with Gasteiger partial charge in [0.2, 0.25) is 0 Å². The molecule has 0 saturated carbocycles. The summed E-state index contributed by atoms with van der Waals surface area (Å²) in [7, 11) is 1.70. The van der Waals surface area contributed by atoms with Gasteiger partial charge in [-0.15, -0.1) is 4.26 Å². The summed E-state index contributed by atoms with van der Waals surface area (Å²) < 4.78 is 9.50. The highest BCUT2D eigenvalue weighted by Gasteiger charge is 2.09. The van der Waals surface area contributed by atoms with Crippen LogP contribution in [0.5, 0.6) is 5.75 Å². The van der Waals surface area contributed by atoms with Gasteiger partial charge in [0.25, 0.3) is 0 Å². The van der Waals surface area contributed by atoms with Crippen LogP contribution in [0.15, 0.2) is 91.0 Å². The molecule has 0 radical (unpaired) electrons. The summed E-state index contributed by atoms with van der Waals surface area (Å²) in [6, 6.07) is 33.1. The van der Waals surface area contributed by atoms with Crippen LogP contribution in [0.4, 0.5) is 0 Å². The molecule has 0 bridgehead atoms. The van der Waals surface area contributed by atoms with E-state index < -0.39 is 0 Å². The minimum absolute atomic E-state index is 0.403. The van der Waals surface area contributed by atoms with Crippen molar-refractivity contribution in [3.63, 3.8) is 0 Å². The Balaban J connectivity index is 1.50. The van der Waals surface area contributed by atoms with Crippen LogP contribution in [0.25, 0.3) is 53.9 Å². The van der Waals surface area contributed by atoms with Crippen LogP contribution in [-0.4, -0.2) is 13.3 Å². The molecule has 2 unspecified atom stereocenters. The van der Waals surface area contributed by atoms with E-state index in [0.29, 0.717) is 17.0 Å². The van der Waals surface area contributed by atoms with E-state index in [4.69, 9.17) is 4.84 Å². The number of nitrogens with one attached hydrogen (secondary N) is 1. The highest BCUT2D eigenvalue weighted by Crippen LogP contribution is 2.36. The molecule has 1 heterocycles. The van der Waals surface area contributed by atoms with Crippen molar-refractivity contribution in [1.82, 2.24) is 13.3 Å². The van der Waals surface area contributed by atoms with Crippen molar-refractivity contribution < 1.29 is 4.84 Å². The molecular weight excluding hydrogens is 463 g/mol. The van der Waals surface area contributed by atoms with E-state index in [9.17, 15) is 0 Å². The molecule has 0 aliphatic carbocycles. The molecule has 33 heavy (non-hydrogen) atoms. The number of rotatable bonds is 2. The van der Waals surface area contributed by atoms with Crippen LogP contribution in [0.3, 0.4) is 0 Å². The van der Waals surface area contributed by atoms with Crippen molar-refractivity contribution in [2.75, 3.05) is 0 Å². The zero-order valence-corrected chi connectivity index (χ0v) is 20.3. The molecule has 7 heteroatoms. The fourth-order valence-corrected chi connectivity index (χ4v) is 7.68. The number of nitrogens with zero attached hydrogens (tertiary/aromatic N) is 2. The zero-order chi connectivity index (χ0) is 21.8. The minimum atomic E-state index is 0.403. The van der Waals surface area contributed by atoms with E-state index in [1.165, 1.54) is 48.5 Å². The Morgan fingerprint density at radius 1 is 0.636 bits per heavy atom. The molecule has 0 saturated heterocycles. The second kappa shape index (κ2) is 7.65. The summed E-state index contributed by atoms with van der Waals surface area (Å²) in [6.07, 6.45) is 0. The Bertz CT molecular complexity index is 1860. The van der Waals surface area contributed by atoms with Gasteiger partial charge >= 0.3 is 0 Å². The number of benzene rings is 6. The third kappa shape index (κ3) is 3.31. The summed E-state index contributed by atoms with van der Waals surface area (Å²) in [4.78, 5) is 6.23. The minimum Gasteiger partial charge on any atom is -0.366 e. The molecular formula is C26H18N3OP3. The maximum Gasteiger partial charge on any atom is 0.182 e. The van der Waals surface area contributed by atoms with Crippen LogP contribution in [0.1, 0.15) is 0 Å². The monoisotopic (exact) mass is 481 g/mol. The highest BCUT2D eigenvalue weighted by molar-refractivity contribution is 7.44. The first kappa shape index (κ1) is 19.2. The number of H-pyrrole nitrogens is 1. The molecule has 1 aromatic heterocycles. The largest absolute Gasteiger partial charge is 0.366 e. The van der Waals surface area contributed by atoms with Crippen molar-refractivity contribution in [2.45, 2.75) is 0 Å². The number of aromatic amines is 1. The summed E-state index contributed by atoms with van der Waals surface area (Å²) in [5, 5.41) is 12.4. The Kier molecular flexibility index (Phi) is 4.45. The standard InChI is InChI=1S/C26H18N3OP3/c1-2-5-17-11-22-14-23-20(13-21(22)10-16(17)4-1)9-8-19-12-18-6-3-7-26(25(18)15-24(19)23)30-29-32-27-31-28-33-29/h1-15,27,31-32H. The van der Waals surface area contributed by atoms with Gasteiger partial charge in [0, 0.05) is 13.9 Å². The molecule has 7 rings (SSSR count). The number of hydrogen-bond donors (Lipinski definition) is 1. The molecule has 0 amide bonds. The second-order valence-electron chi connectivity index (χ2n) is 8.14. The van der Waals surface area contributed by atoms with Crippen LogP contribution in [0.2, 0.25) is 0 Å². The smallest absolute Gasteiger partial charge is 0.182 e. The van der Waals surface area contributed by atoms with Gasteiger partial charge in [0.1, 0.15) is 0 Å². The maximum absolute atomic E-state index is 6.23. The topological polar surface area (TPSA) is 42.8 Å². The van der Waals surface area contributed by atoms with Crippen molar-refractivity contribution in [2.24, 2.45) is 0 Å². The van der Waals surface area contributed by atoms with Gasteiger partial charge in [0.05, 0.1) is 8.51 Å². The lowest BCUT2D eigenvalue weighted by Crippen LogP contribution is -1.98. The molecule has 4 nitrogen and oxygen atoms in total. The predicted molar refractivity (Wildman–Crippen MR) is 146 cm³/mol. The van der Waals surface area contributed by atoms with Gasteiger partial charge < -0.3 is 9.35 Å². The van der Waals surface area contributed by atoms with E-state index in [1.54, 1.807) is 0 Å². The SMILES string of the molecule is c1ccc2cc3cc4c(ccc5cc6cccc(On7pn[pH][nH][pH]7)c6cc54)cc3cc2c1. The number of hydrogen-bond acceptors (Lipinski definition) is 2. The molecule has 0 spiro atoms. The molecule has 6 aromatic carbocycles. The number of fused-ring (bicyclic) bond motifs is 6. The average molecular weight is 481 g/mol. The van der Waals surface area contributed by atoms with Crippen molar-refractivity contribution in [3.8, 4) is 5.75 Å². The quantitative estimate of drug-likeness (QED) is 0.199. The molecule has 2 atom stereocenters. The maximum atomic E-state index is 6.23. The Morgan fingerprint density at radius 2 is 1.27 bits per heavy atom. The van der Waals surface area contributed by atoms with Crippen LogP contribution >= 0.6 is 25.5 Å². The first-order valence-electron chi connectivity index (χ1n) is 10.7. The van der Waals surface area contributed by atoms with Crippen LogP contribution < -0.4 is 4.84 Å². The van der Waals surface area contributed by atoms with Crippen molar-refractivity contribution >= 4 is 79.4 Å². The van der Waals surface area contributed by atoms with Gasteiger partial charge in [-0.05, 0) is 90.9 Å².